The van der Waals surface area contributed by atoms with Gasteiger partial charge >= 0.3 is 0 Å². The number of nitrogens with zero attached hydrogens (tertiary/aromatic N) is 3. The van der Waals surface area contributed by atoms with Crippen LogP contribution in [0, 0.1) is 6.92 Å². The summed E-state index contributed by atoms with van der Waals surface area (Å²) in [5.74, 6) is 0.483. The quantitative estimate of drug-likeness (QED) is 0.420. The molecule has 6 heteroatoms. The van der Waals surface area contributed by atoms with Crippen molar-refractivity contribution in [2.45, 2.75) is 6.92 Å². The Balaban J connectivity index is 1.93. The van der Waals surface area contributed by atoms with E-state index in [1.54, 1.807) is 30.6 Å². The van der Waals surface area contributed by atoms with E-state index in [4.69, 9.17) is 11.6 Å². The van der Waals surface area contributed by atoms with Gasteiger partial charge in [-0.15, -0.1) is 0 Å². The highest BCUT2D eigenvalue weighted by molar-refractivity contribution is 6.35. The van der Waals surface area contributed by atoms with Gasteiger partial charge in [-0.25, -0.2) is 9.97 Å². The summed E-state index contributed by atoms with van der Waals surface area (Å²) >= 11 is 6.40. The van der Waals surface area contributed by atoms with E-state index in [9.17, 15) is 5.21 Å². The number of hydrogen-bond acceptors (Lipinski definition) is 5. The van der Waals surface area contributed by atoms with Gasteiger partial charge in [-0.3, -0.25) is 0 Å². The highest BCUT2D eigenvalue weighted by Crippen LogP contribution is 2.26. The van der Waals surface area contributed by atoms with Gasteiger partial charge in [0, 0.05) is 29.2 Å². The number of hydrogen-bond donors (Lipinski definition) is 2. The molecule has 0 fully saturated rings. The predicted molar refractivity (Wildman–Crippen MR) is 95.4 cm³/mol. The molecular weight excluding hydrogens is 324 g/mol. The van der Waals surface area contributed by atoms with Crippen molar-refractivity contribution in [3.05, 3.63) is 82.6 Å². The van der Waals surface area contributed by atoms with Gasteiger partial charge < -0.3 is 10.5 Å². The van der Waals surface area contributed by atoms with Crippen LogP contribution in [0.4, 0.5) is 11.6 Å². The third-order valence-corrected chi connectivity index (χ3v) is 3.86. The number of anilines is 2. The third-order valence-electron chi connectivity index (χ3n) is 3.55. The molecule has 0 atom stereocenters. The van der Waals surface area contributed by atoms with Crippen molar-refractivity contribution in [3.63, 3.8) is 0 Å². The molecule has 0 bridgehead atoms. The van der Waals surface area contributed by atoms with E-state index in [2.05, 4.69) is 20.4 Å². The molecule has 2 N–H and O–H groups in total. The first kappa shape index (κ1) is 16.0. The molecule has 0 aliphatic carbocycles. The Morgan fingerprint density at radius 2 is 1.79 bits per heavy atom. The summed E-state index contributed by atoms with van der Waals surface area (Å²) in [5.41, 5.74) is 3.65. The Hall–Kier alpha value is -2.92. The number of benzene rings is 2. The normalized spacial score (nSPS) is 11.3. The lowest BCUT2D eigenvalue weighted by Gasteiger charge is -2.11. The van der Waals surface area contributed by atoms with E-state index < -0.39 is 0 Å². The van der Waals surface area contributed by atoms with Crippen molar-refractivity contribution in [2.75, 3.05) is 5.32 Å². The van der Waals surface area contributed by atoms with Gasteiger partial charge in [0.25, 0.3) is 0 Å². The number of oxime groups is 1. The number of aromatic nitrogens is 2. The van der Waals surface area contributed by atoms with Crippen molar-refractivity contribution in [2.24, 2.45) is 5.16 Å². The second-order valence-corrected chi connectivity index (χ2v) is 5.56. The Bertz CT molecular complexity index is 881. The van der Waals surface area contributed by atoms with E-state index in [-0.39, 0.29) is 0 Å². The first-order valence-electron chi connectivity index (χ1n) is 7.31. The fourth-order valence-electron chi connectivity index (χ4n) is 2.37. The van der Waals surface area contributed by atoms with Crippen LogP contribution in [0.2, 0.25) is 5.02 Å². The monoisotopic (exact) mass is 338 g/mol. The maximum Gasteiger partial charge on any atom is 0.227 e. The largest absolute Gasteiger partial charge is 0.410 e. The highest BCUT2D eigenvalue weighted by atomic mass is 35.5. The van der Waals surface area contributed by atoms with Crippen LogP contribution in [-0.4, -0.2) is 20.9 Å². The van der Waals surface area contributed by atoms with Gasteiger partial charge in [0.15, 0.2) is 0 Å². The fraction of sp³-hybridized carbons (Fsp3) is 0.0556. The number of aryl methyl sites for hydroxylation is 1. The molecule has 0 radical (unpaired) electrons. The summed E-state index contributed by atoms with van der Waals surface area (Å²) < 4.78 is 0. The molecule has 0 saturated heterocycles. The van der Waals surface area contributed by atoms with E-state index in [1.165, 1.54) is 0 Å². The van der Waals surface area contributed by atoms with Crippen LogP contribution in [0.3, 0.4) is 0 Å². The summed E-state index contributed by atoms with van der Waals surface area (Å²) in [7, 11) is 0. The molecular formula is C18H15ClN4O. The average Bonchev–Trinajstić information content (AvgIpc) is 2.60. The molecule has 24 heavy (non-hydrogen) atoms. The van der Waals surface area contributed by atoms with E-state index in [0.717, 1.165) is 16.8 Å². The van der Waals surface area contributed by atoms with Gasteiger partial charge in [-0.1, -0.05) is 41.0 Å². The van der Waals surface area contributed by atoms with Crippen LogP contribution < -0.4 is 5.32 Å². The molecule has 0 spiro atoms. The van der Waals surface area contributed by atoms with Gasteiger partial charge in [-0.05, 0) is 36.8 Å². The van der Waals surface area contributed by atoms with Crippen LogP contribution in [0.1, 0.15) is 16.7 Å². The summed E-state index contributed by atoms with van der Waals surface area (Å²) in [5, 5.41) is 16.5. The molecule has 0 aliphatic rings. The molecule has 3 rings (SSSR count). The Labute approximate surface area is 144 Å². The predicted octanol–water partition coefficient (Wildman–Crippen LogP) is 4.41. The van der Waals surface area contributed by atoms with Gasteiger partial charge in [0.05, 0.1) is 5.02 Å². The van der Waals surface area contributed by atoms with Gasteiger partial charge in [0.2, 0.25) is 5.95 Å². The minimum absolute atomic E-state index is 0.431. The highest BCUT2D eigenvalue weighted by Gasteiger charge is 2.14. The summed E-state index contributed by atoms with van der Waals surface area (Å²) in [6.07, 6.45) is 3.31. The SMILES string of the molecule is Cc1ccccc1C(=NO)c1ccc(Nc2ncccn2)cc1Cl. The molecule has 2 aromatic carbocycles. The molecule has 0 aliphatic heterocycles. The minimum atomic E-state index is 0.431. The topological polar surface area (TPSA) is 70.4 Å². The van der Waals surface area contributed by atoms with Crippen LogP contribution in [-0.2, 0) is 0 Å². The van der Waals surface area contributed by atoms with E-state index in [1.807, 2.05) is 37.3 Å². The average molecular weight is 339 g/mol. The Kier molecular flexibility index (Phi) is 4.72. The summed E-state index contributed by atoms with van der Waals surface area (Å²) in [6, 6.07) is 14.8. The zero-order chi connectivity index (χ0) is 16.9. The third kappa shape index (κ3) is 3.36. The summed E-state index contributed by atoms with van der Waals surface area (Å²) in [6.45, 7) is 1.96. The first-order chi connectivity index (χ1) is 11.7. The van der Waals surface area contributed by atoms with E-state index >= 15 is 0 Å². The van der Waals surface area contributed by atoms with Gasteiger partial charge in [0.1, 0.15) is 5.71 Å². The minimum Gasteiger partial charge on any atom is -0.410 e. The number of nitrogens with one attached hydrogen (secondary N) is 1. The second-order valence-electron chi connectivity index (χ2n) is 5.16. The van der Waals surface area contributed by atoms with Crippen molar-refractivity contribution in [3.8, 4) is 0 Å². The fourth-order valence-corrected chi connectivity index (χ4v) is 2.64. The Morgan fingerprint density at radius 1 is 1.04 bits per heavy atom. The zero-order valence-electron chi connectivity index (χ0n) is 12.9. The molecule has 0 saturated carbocycles. The lowest BCUT2D eigenvalue weighted by atomic mass is 9.98. The lowest BCUT2D eigenvalue weighted by molar-refractivity contribution is 0.319. The molecule has 5 nitrogen and oxygen atoms in total. The second kappa shape index (κ2) is 7.10. The molecule has 0 amide bonds. The van der Waals surface area contributed by atoms with E-state index in [0.29, 0.717) is 22.2 Å². The standard InChI is InChI=1S/C18H15ClN4O/c1-12-5-2-3-6-14(12)17(23-24)15-8-7-13(11-16(15)19)22-18-20-9-4-10-21-18/h2-11,24H,1H3,(H,20,21,22). The number of halogens is 1. The summed E-state index contributed by atoms with van der Waals surface area (Å²) in [4.78, 5) is 8.22. The van der Waals surface area contributed by atoms with Crippen molar-refractivity contribution >= 4 is 28.9 Å². The maximum atomic E-state index is 9.48. The Morgan fingerprint density at radius 3 is 2.46 bits per heavy atom. The van der Waals surface area contributed by atoms with Gasteiger partial charge in [-0.2, -0.15) is 0 Å². The zero-order valence-corrected chi connectivity index (χ0v) is 13.7. The first-order valence-corrected chi connectivity index (χ1v) is 7.69. The number of rotatable bonds is 4. The van der Waals surface area contributed by atoms with Crippen molar-refractivity contribution in [1.29, 1.82) is 0 Å². The van der Waals surface area contributed by atoms with Crippen LogP contribution in [0.25, 0.3) is 0 Å². The van der Waals surface area contributed by atoms with Crippen molar-refractivity contribution in [1.82, 2.24) is 9.97 Å². The van der Waals surface area contributed by atoms with Crippen LogP contribution in [0.15, 0.2) is 66.1 Å². The molecule has 1 heterocycles. The van der Waals surface area contributed by atoms with Crippen LogP contribution >= 0.6 is 11.6 Å². The van der Waals surface area contributed by atoms with Crippen LogP contribution in [0.5, 0.6) is 0 Å². The smallest absolute Gasteiger partial charge is 0.227 e. The molecule has 3 aromatic rings. The molecule has 120 valence electrons. The molecule has 1 aromatic heterocycles. The lowest BCUT2D eigenvalue weighted by Crippen LogP contribution is -2.07. The van der Waals surface area contributed by atoms with Crippen molar-refractivity contribution < 1.29 is 5.21 Å². The molecule has 0 unspecified atom stereocenters. The maximum absolute atomic E-state index is 9.48.